The number of carbonyl (C=O) groups is 1. The summed E-state index contributed by atoms with van der Waals surface area (Å²) < 4.78 is 14.6. The average Bonchev–Trinajstić information content (AvgIpc) is 2.92. The zero-order valence-electron chi connectivity index (χ0n) is 13.5. The van der Waals surface area contributed by atoms with Crippen molar-refractivity contribution in [1.29, 1.82) is 0 Å². The molecular formula is C20H13Cl2FN2O. The molecule has 0 aliphatic carbocycles. The van der Waals surface area contributed by atoms with Crippen molar-refractivity contribution in [2.45, 2.75) is 12.6 Å². The molecule has 0 fully saturated rings. The molecule has 1 unspecified atom stereocenters. The van der Waals surface area contributed by atoms with E-state index in [-0.39, 0.29) is 12.5 Å². The zero-order valence-corrected chi connectivity index (χ0v) is 15.0. The van der Waals surface area contributed by atoms with Crippen molar-refractivity contribution in [3.63, 3.8) is 0 Å². The van der Waals surface area contributed by atoms with Crippen molar-refractivity contribution in [2.24, 2.45) is 0 Å². The summed E-state index contributed by atoms with van der Waals surface area (Å²) in [5, 5.41) is 1.10. The highest BCUT2D eigenvalue weighted by Gasteiger charge is 2.39. The first kappa shape index (κ1) is 17.0. The molecule has 0 spiro atoms. The number of hydrogen-bond donors (Lipinski definition) is 0. The second-order valence-corrected chi connectivity index (χ2v) is 6.93. The summed E-state index contributed by atoms with van der Waals surface area (Å²) in [6.45, 7) is 0.247. The van der Waals surface area contributed by atoms with Gasteiger partial charge in [-0.05, 0) is 42.0 Å². The minimum Gasteiger partial charge on any atom is -0.321 e. The number of amides is 1. The highest BCUT2D eigenvalue weighted by atomic mass is 35.5. The first-order valence-corrected chi connectivity index (χ1v) is 8.75. The molecule has 1 amide bonds. The maximum Gasteiger partial charge on any atom is 0.255 e. The van der Waals surface area contributed by atoms with Crippen LogP contribution >= 0.6 is 23.2 Å². The van der Waals surface area contributed by atoms with Gasteiger partial charge < -0.3 is 4.90 Å². The number of carbonyl (C=O) groups excluding carboxylic acids is 1. The number of aromatic nitrogens is 1. The Morgan fingerprint density at radius 1 is 1.00 bits per heavy atom. The maximum atomic E-state index is 14.6. The van der Waals surface area contributed by atoms with Crippen molar-refractivity contribution >= 4 is 29.1 Å². The summed E-state index contributed by atoms with van der Waals surface area (Å²) in [6, 6.07) is 14.6. The van der Waals surface area contributed by atoms with E-state index in [1.165, 1.54) is 12.3 Å². The highest BCUT2D eigenvalue weighted by molar-refractivity contribution is 6.30. The molecular weight excluding hydrogens is 374 g/mol. The Balaban J connectivity index is 1.80. The zero-order chi connectivity index (χ0) is 18.3. The fourth-order valence-electron chi connectivity index (χ4n) is 3.26. The van der Waals surface area contributed by atoms with E-state index < -0.39 is 11.9 Å². The molecule has 3 aromatic rings. The van der Waals surface area contributed by atoms with Crippen LogP contribution in [-0.4, -0.2) is 15.8 Å². The molecule has 0 N–H and O–H groups in total. The van der Waals surface area contributed by atoms with Crippen LogP contribution in [0, 0.1) is 5.82 Å². The van der Waals surface area contributed by atoms with Gasteiger partial charge in [-0.15, -0.1) is 0 Å². The molecule has 4 rings (SSSR count). The summed E-state index contributed by atoms with van der Waals surface area (Å²) in [7, 11) is 0. The third kappa shape index (κ3) is 2.96. The molecule has 130 valence electrons. The Morgan fingerprint density at radius 3 is 2.42 bits per heavy atom. The Morgan fingerprint density at radius 2 is 1.73 bits per heavy atom. The smallest absolute Gasteiger partial charge is 0.255 e. The van der Waals surface area contributed by atoms with Crippen LogP contribution in [0.25, 0.3) is 0 Å². The molecule has 1 atom stereocenters. The molecule has 6 heteroatoms. The Hall–Kier alpha value is -2.43. The van der Waals surface area contributed by atoms with Crippen molar-refractivity contribution in [3.8, 4) is 0 Å². The standard InChI is InChI=1S/C20H13Cl2FN2O/c21-13-6-4-12(5-7-13)19-18-16(2-1-3-17(18)23)20(26)25(19)11-15-9-8-14(22)10-24-15/h1-10,19H,11H2. The van der Waals surface area contributed by atoms with Crippen LogP contribution in [0.5, 0.6) is 0 Å². The van der Waals surface area contributed by atoms with Crippen LogP contribution in [-0.2, 0) is 6.54 Å². The largest absolute Gasteiger partial charge is 0.321 e. The molecule has 0 bridgehead atoms. The number of pyridine rings is 1. The summed E-state index contributed by atoms with van der Waals surface area (Å²) in [5.74, 6) is -0.626. The van der Waals surface area contributed by atoms with Crippen LogP contribution in [0.2, 0.25) is 10.0 Å². The minimum absolute atomic E-state index is 0.226. The Kier molecular flexibility index (Phi) is 4.39. The molecule has 0 radical (unpaired) electrons. The lowest BCUT2D eigenvalue weighted by molar-refractivity contribution is 0.0733. The van der Waals surface area contributed by atoms with E-state index in [2.05, 4.69) is 4.98 Å². The number of rotatable bonds is 3. The highest BCUT2D eigenvalue weighted by Crippen LogP contribution is 2.40. The van der Waals surface area contributed by atoms with Gasteiger partial charge in [-0.3, -0.25) is 9.78 Å². The third-order valence-electron chi connectivity index (χ3n) is 4.44. The molecule has 0 saturated carbocycles. The van der Waals surface area contributed by atoms with Crippen LogP contribution < -0.4 is 0 Å². The molecule has 0 saturated heterocycles. The van der Waals surface area contributed by atoms with Gasteiger partial charge in [0.1, 0.15) is 5.82 Å². The molecule has 2 aromatic carbocycles. The van der Waals surface area contributed by atoms with E-state index in [9.17, 15) is 9.18 Å². The Labute approximate surface area is 160 Å². The van der Waals surface area contributed by atoms with Gasteiger partial charge in [0.2, 0.25) is 0 Å². The molecule has 3 nitrogen and oxygen atoms in total. The predicted octanol–water partition coefficient (Wildman–Crippen LogP) is 5.27. The van der Waals surface area contributed by atoms with E-state index >= 15 is 0 Å². The van der Waals surface area contributed by atoms with Gasteiger partial charge in [-0.25, -0.2) is 4.39 Å². The van der Waals surface area contributed by atoms with E-state index in [1.807, 2.05) is 12.1 Å². The van der Waals surface area contributed by atoms with E-state index in [4.69, 9.17) is 23.2 Å². The summed E-state index contributed by atoms with van der Waals surface area (Å²) in [5.41, 5.74) is 2.23. The van der Waals surface area contributed by atoms with Gasteiger partial charge in [-0.1, -0.05) is 41.4 Å². The monoisotopic (exact) mass is 386 g/mol. The van der Waals surface area contributed by atoms with Crippen molar-refractivity contribution in [3.05, 3.63) is 99.0 Å². The first-order chi connectivity index (χ1) is 12.5. The number of nitrogens with zero attached hydrogens (tertiary/aromatic N) is 2. The van der Waals surface area contributed by atoms with Crippen molar-refractivity contribution in [2.75, 3.05) is 0 Å². The fraction of sp³-hybridized carbons (Fsp3) is 0.100. The quantitative estimate of drug-likeness (QED) is 0.613. The summed E-state index contributed by atoms with van der Waals surface area (Å²) in [6.07, 6.45) is 1.53. The summed E-state index contributed by atoms with van der Waals surface area (Å²) in [4.78, 5) is 18.8. The van der Waals surface area contributed by atoms with Gasteiger partial charge in [0.25, 0.3) is 5.91 Å². The lowest BCUT2D eigenvalue weighted by Gasteiger charge is -2.25. The van der Waals surface area contributed by atoms with E-state index in [0.29, 0.717) is 26.9 Å². The number of benzene rings is 2. The molecule has 26 heavy (non-hydrogen) atoms. The average molecular weight is 387 g/mol. The maximum absolute atomic E-state index is 14.6. The van der Waals surface area contributed by atoms with E-state index in [1.54, 1.807) is 41.3 Å². The van der Waals surface area contributed by atoms with Crippen LogP contribution in [0.1, 0.15) is 33.2 Å². The Bertz CT molecular complexity index is 974. The molecule has 2 heterocycles. The molecule has 1 aliphatic heterocycles. The topological polar surface area (TPSA) is 33.2 Å². The van der Waals surface area contributed by atoms with Crippen LogP contribution in [0.4, 0.5) is 4.39 Å². The predicted molar refractivity (Wildman–Crippen MR) is 98.8 cm³/mol. The second kappa shape index (κ2) is 6.71. The second-order valence-electron chi connectivity index (χ2n) is 6.06. The van der Waals surface area contributed by atoms with Gasteiger partial charge in [0.05, 0.1) is 23.3 Å². The SMILES string of the molecule is O=C1c2cccc(F)c2C(c2ccc(Cl)cc2)N1Cc1ccc(Cl)cn1. The number of halogens is 3. The van der Waals surface area contributed by atoms with Gasteiger partial charge in [-0.2, -0.15) is 0 Å². The fourth-order valence-corrected chi connectivity index (χ4v) is 3.50. The van der Waals surface area contributed by atoms with Crippen LogP contribution in [0.3, 0.4) is 0 Å². The van der Waals surface area contributed by atoms with Crippen LogP contribution in [0.15, 0.2) is 60.8 Å². The van der Waals surface area contributed by atoms with Crippen molar-refractivity contribution < 1.29 is 9.18 Å². The number of fused-ring (bicyclic) bond motifs is 1. The normalized spacial score (nSPS) is 16.0. The first-order valence-electron chi connectivity index (χ1n) is 8.00. The van der Waals surface area contributed by atoms with Gasteiger partial charge in [0, 0.05) is 22.3 Å². The minimum atomic E-state index is -0.534. The van der Waals surface area contributed by atoms with Crippen molar-refractivity contribution in [1.82, 2.24) is 9.88 Å². The molecule has 1 aliphatic rings. The molecule has 1 aromatic heterocycles. The summed E-state index contributed by atoms with van der Waals surface area (Å²) >= 11 is 11.9. The third-order valence-corrected chi connectivity index (χ3v) is 4.91. The van der Waals surface area contributed by atoms with Gasteiger partial charge >= 0.3 is 0 Å². The van der Waals surface area contributed by atoms with Gasteiger partial charge in [0.15, 0.2) is 0 Å². The lowest BCUT2D eigenvalue weighted by Crippen LogP contribution is -2.28. The van der Waals surface area contributed by atoms with E-state index in [0.717, 1.165) is 5.56 Å². The number of hydrogen-bond acceptors (Lipinski definition) is 2. The lowest BCUT2D eigenvalue weighted by atomic mass is 9.97.